The minimum Gasteiger partial charge on any atom is -0.466 e. The molecular weight excluding hydrogens is 270 g/mol. The lowest BCUT2D eigenvalue weighted by Crippen LogP contribution is -2.39. The summed E-state index contributed by atoms with van der Waals surface area (Å²) in [6.07, 6.45) is 8.21. The van der Waals surface area contributed by atoms with Gasteiger partial charge in [-0.1, -0.05) is 0 Å². The highest BCUT2D eigenvalue weighted by atomic mass is 16.5. The van der Waals surface area contributed by atoms with Crippen molar-refractivity contribution in [2.45, 2.75) is 19.8 Å². The van der Waals surface area contributed by atoms with Crippen molar-refractivity contribution in [1.29, 1.82) is 0 Å². The Morgan fingerprint density at radius 1 is 1.43 bits per heavy atom. The smallest absolute Gasteiger partial charge is 0.309 e. The molecule has 0 saturated carbocycles. The molecule has 1 saturated heterocycles. The number of carbonyl (C=O) groups excluding carboxylic acids is 2. The van der Waals surface area contributed by atoms with E-state index in [-0.39, 0.29) is 17.8 Å². The minimum absolute atomic E-state index is 0.0267. The second-order valence-electron chi connectivity index (χ2n) is 5.13. The number of aromatic nitrogens is 2. The van der Waals surface area contributed by atoms with Crippen LogP contribution in [0.2, 0.25) is 0 Å². The van der Waals surface area contributed by atoms with Gasteiger partial charge in [0.25, 0.3) is 0 Å². The molecule has 1 fully saturated rings. The fourth-order valence-electron chi connectivity index (χ4n) is 2.39. The molecule has 2 rings (SSSR count). The largest absolute Gasteiger partial charge is 0.466 e. The zero-order valence-corrected chi connectivity index (χ0v) is 12.5. The first kappa shape index (κ1) is 15.3. The summed E-state index contributed by atoms with van der Waals surface area (Å²) in [5.41, 5.74) is 0.896. The van der Waals surface area contributed by atoms with Crippen LogP contribution in [0.15, 0.2) is 18.5 Å². The lowest BCUT2D eigenvalue weighted by molar-refractivity contribution is -0.150. The zero-order valence-electron chi connectivity index (χ0n) is 12.5. The lowest BCUT2D eigenvalue weighted by Gasteiger charge is -2.30. The maximum absolute atomic E-state index is 12.1. The molecule has 6 nitrogen and oxygen atoms in total. The molecule has 6 heteroatoms. The molecule has 1 amide bonds. The Labute approximate surface area is 124 Å². The standard InChI is InChI=1S/C15H21N3O3/c1-3-21-15(20)13-6-8-18(9-7-13)14(19)5-4-12-10-16-17(2)11-12/h4-5,10-11,13H,3,6-9H2,1-2H3/b5-4+. The predicted molar refractivity (Wildman–Crippen MR) is 78.2 cm³/mol. The second kappa shape index (κ2) is 7.06. The van der Waals surface area contributed by atoms with Crippen LogP contribution in [0.25, 0.3) is 6.08 Å². The summed E-state index contributed by atoms with van der Waals surface area (Å²) in [5, 5.41) is 4.04. The Balaban J connectivity index is 1.83. The molecule has 0 atom stereocenters. The molecule has 0 bridgehead atoms. The van der Waals surface area contributed by atoms with Crippen molar-refractivity contribution >= 4 is 18.0 Å². The summed E-state index contributed by atoms with van der Waals surface area (Å²) in [4.78, 5) is 25.5. The van der Waals surface area contributed by atoms with Gasteiger partial charge in [0.1, 0.15) is 0 Å². The van der Waals surface area contributed by atoms with Crippen LogP contribution >= 0.6 is 0 Å². The Morgan fingerprint density at radius 2 is 2.14 bits per heavy atom. The van der Waals surface area contributed by atoms with E-state index in [2.05, 4.69) is 5.10 Å². The molecule has 0 spiro atoms. The van der Waals surface area contributed by atoms with E-state index in [1.807, 2.05) is 13.2 Å². The summed E-state index contributed by atoms with van der Waals surface area (Å²) in [5.74, 6) is -0.243. The van der Waals surface area contributed by atoms with Gasteiger partial charge in [0.2, 0.25) is 5.91 Å². The van der Waals surface area contributed by atoms with Crippen LogP contribution in [-0.2, 0) is 21.4 Å². The summed E-state index contributed by atoms with van der Waals surface area (Å²) in [6.45, 7) is 3.41. The number of rotatable bonds is 4. The van der Waals surface area contributed by atoms with Crippen LogP contribution in [0, 0.1) is 5.92 Å². The summed E-state index contributed by atoms with van der Waals surface area (Å²) in [6, 6.07) is 0. The van der Waals surface area contributed by atoms with Gasteiger partial charge in [-0.05, 0) is 25.8 Å². The van der Waals surface area contributed by atoms with Crippen molar-refractivity contribution in [3.63, 3.8) is 0 Å². The van der Waals surface area contributed by atoms with Crippen molar-refractivity contribution in [1.82, 2.24) is 14.7 Å². The quantitative estimate of drug-likeness (QED) is 0.618. The molecule has 1 aliphatic heterocycles. The molecule has 2 heterocycles. The molecule has 0 N–H and O–H groups in total. The zero-order chi connectivity index (χ0) is 15.2. The van der Waals surface area contributed by atoms with E-state index >= 15 is 0 Å². The minimum atomic E-state index is -0.143. The van der Waals surface area contributed by atoms with Crippen molar-refractivity contribution in [3.05, 3.63) is 24.0 Å². The normalized spacial score (nSPS) is 16.4. The second-order valence-corrected chi connectivity index (χ2v) is 5.13. The number of nitrogens with zero attached hydrogens (tertiary/aromatic N) is 3. The van der Waals surface area contributed by atoms with E-state index in [0.29, 0.717) is 32.5 Å². The van der Waals surface area contributed by atoms with Crippen LogP contribution in [0.3, 0.4) is 0 Å². The number of amides is 1. The first-order valence-corrected chi connectivity index (χ1v) is 7.22. The number of aryl methyl sites for hydroxylation is 1. The highest BCUT2D eigenvalue weighted by molar-refractivity contribution is 5.91. The van der Waals surface area contributed by atoms with Gasteiger partial charge in [0.05, 0.1) is 18.7 Å². The number of likely N-dealkylation sites (tertiary alicyclic amines) is 1. The molecule has 21 heavy (non-hydrogen) atoms. The third-order valence-electron chi connectivity index (χ3n) is 3.57. The monoisotopic (exact) mass is 291 g/mol. The van der Waals surface area contributed by atoms with E-state index in [1.165, 1.54) is 0 Å². The summed E-state index contributed by atoms with van der Waals surface area (Å²) in [7, 11) is 1.83. The molecule has 0 radical (unpaired) electrons. The van der Waals surface area contributed by atoms with Crippen LogP contribution in [0.4, 0.5) is 0 Å². The molecular formula is C15H21N3O3. The number of ether oxygens (including phenoxy) is 1. The number of piperidine rings is 1. The van der Waals surface area contributed by atoms with Gasteiger partial charge in [0, 0.05) is 38.0 Å². The van der Waals surface area contributed by atoms with Gasteiger partial charge in [0.15, 0.2) is 0 Å². The topological polar surface area (TPSA) is 64.4 Å². The Bertz CT molecular complexity index is 528. The lowest BCUT2D eigenvalue weighted by atomic mass is 9.97. The van der Waals surface area contributed by atoms with Crippen molar-refractivity contribution < 1.29 is 14.3 Å². The number of hydrogen-bond donors (Lipinski definition) is 0. The van der Waals surface area contributed by atoms with E-state index in [1.54, 1.807) is 34.9 Å². The van der Waals surface area contributed by atoms with E-state index < -0.39 is 0 Å². The molecule has 0 unspecified atom stereocenters. The van der Waals surface area contributed by atoms with Crippen molar-refractivity contribution in [2.24, 2.45) is 13.0 Å². The van der Waals surface area contributed by atoms with Crippen molar-refractivity contribution in [3.8, 4) is 0 Å². The van der Waals surface area contributed by atoms with Gasteiger partial charge < -0.3 is 9.64 Å². The van der Waals surface area contributed by atoms with Crippen LogP contribution in [0.5, 0.6) is 0 Å². The van der Waals surface area contributed by atoms with Gasteiger partial charge in [-0.2, -0.15) is 5.10 Å². The maximum atomic E-state index is 12.1. The van der Waals surface area contributed by atoms with Crippen molar-refractivity contribution in [2.75, 3.05) is 19.7 Å². The number of esters is 1. The first-order chi connectivity index (χ1) is 10.1. The molecule has 1 aliphatic rings. The number of carbonyl (C=O) groups is 2. The summed E-state index contributed by atoms with van der Waals surface area (Å²) >= 11 is 0. The van der Waals surface area contributed by atoms with Crippen LogP contribution < -0.4 is 0 Å². The van der Waals surface area contributed by atoms with E-state index in [9.17, 15) is 9.59 Å². The molecule has 0 aromatic carbocycles. The average Bonchev–Trinajstić information content (AvgIpc) is 2.91. The predicted octanol–water partition coefficient (Wildman–Crippen LogP) is 1.23. The highest BCUT2D eigenvalue weighted by Gasteiger charge is 2.27. The van der Waals surface area contributed by atoms with E-state index in [4.69, 9.17) is 4.74 Å². The molecule has 1 aromatic rings. The summed E-state index contributed by atoms with van der Waals surface area (Å²) < 4.78 is 6.71. The first-order valence-electron chi connectivity index (χ1n) is 7.22. The third kappa shape index (κ3) is 4.18. The molecule has 1 aromatic heterocycles. The maximum Gasteiger partial charge on any atom is 0.309 e. The Kier molecular flexibility index (Phi) is 5.14. The fraction of sp³-hybridized carbons (Fsp3) is 0.533. The molecule has 114 valence electrons. The van der Waals surface area contributed by atoms with Crippen LogP contribution in [-0.4, -0.2) is 46.3 Å². The van der Waals surface area contributed by atoms with Gasteiger partial charge in [-0.3, -0.25) is 14.3 Å². The van der Waals surface area contributed by atoms with Gasteiger partial charge in [-0.25, -0.2) is 0 Å². The highest BCUT2D eigenvalue weighted by Crippen LogP contribution is 2.19. The fourth-order valence-corrected chi connectivity index (χ4v) is 2.39. The molecule has 0 aliphatic carbocycles. The van der Waals surface area contributed by atoms with Gasteiger partial charge in [-0.15, -0.1) is 0 Å². The van der Waals surface area contributed by atoms with E-state index in [0.717, 1.165) is 5.56 Å². The average molecular weight is 291 g/mol. The van der Waals surface area contributed by atoms with Crippen LogP contribution in [0.1, 0.15) is 25.3 Å². The SMILES string of the molecule is CCOC(=O)C1CCN(C(=O)/C=C/c2cnn(C)c2)CC1. The Hall–Kier alpha value is -2.11. The number of hydrogen-bond acceptors (Lipinski definition) is 4. The third-order valence-corrected chi connectivity index (χ3v) is 3.57. The van der Waals surface area contributed by atoms with Gasteiger partial charge >= 0.3 is 5.97 Å². The Morgan fingerprint density at radius 3 is 2.71 bits per heavy atom.